The number of carbonyl (C=O) groups is 1. The minimum Gasteiger partial charge on any atom is -0.487 e. The molecule has 1 aliphatic rings. The Labute approximate surface area is 169 Å². The van der Waals surface area contributed by atoms with Gasteiger partial charge in [-0.15, -0.1) is 0 Å². The van der Waals surface area contributed by atoms with Crippen LogP contribution in [0.3, 0.4) is 0 Å². The lowest BCUT2D eigenvalue weighted by atomic mass is 9.86. The standard InChI is InChI=1S/C25H33NO2/c1-17-7-13-20-21(16-25(5,6)28-22(20)15-17)26-23(27)14-10-18-8-11-19(12-9-18)24(2,3)4/h7-9,11-13,15,21H,10,14,16H2,1-6H3,(H,26,27)/t21-/m1/s1. The molecule has 0 aromatic heterocycles. The quantitative estimate of drug-likeness (QED) is 0.746. The molecule has 1 N–H and O–H groups in total. The molecule has 0 aliphatic carbocycles. The van der Waals surface area contributed by atoms with Crippen LogP contribution in [-0.4, -0.2) is 11.5 Å². The zero-order valence-corrected chi connectivity index (χ0v) is 18.1. The lowest BCUT2D eigenvalue weighted by molar-refractivity contribution is -0.122. The van der Waals surface area contributed by atoms with Crippen molar-refractivity contribution in [3.8, 4) is 5.75 Å². The third kappa shape index (κ3) is 4.95. The van der Waals surface area contributed by atoms with Crippen LogP contribution >= 0.6 is 0 Å². The van der Waals surface area contributed by atoms with Gasteiger partial charge in [-0.05, 0) is 55.4 Å². The second kappa shape index (κ2) is 7.62. The maximum absolute atomic E-state index is 12.6. The molecule has 1 aliphatic heterocycles. The summed E-state index contributed by atoms with van der Waals surface area (Å²) in [4.78, 5) is 12.6. The van der Waals surface area contributed by atoms with E-state index in [-0.39, 0.29) is 23.0 Å². The van der Waals surface area contributed by atoms with Crippen molar-refractivity contribution in [3.63, 3.8) is 0 Å². The SMILES string of the molecule is Cc1ccc2c(c1)OC(C)(C)C[C@H]2NC(=O)CCc1ccc(C(C)(C)C)cc1. The minimum atomic E-state index is -0.290. The Hall–Kier alpha value is -2.29. The lowest BCUT2D eigenvalue weighted by Gasteiger charge is -2.38. The highest BCUT2D eigenvalue weighted by atomic mass is 16.5. The van der Waals surface area contributed by atoms with Crippen LogP contribution in [0.15, 0.2) is 42.5 Å². The predicted octanol–water partition coefficient (Wildman–Crippen LogP) is 5.64. The first-order valence-electron chi connectivity index (χ1n) is 10.2. The molecule has 0 fully saturated rings. The molecule has 1 atom stereocenters. The molecule has 0 saturated carbocycles. The molecule has 2 aromatic rings. The average molecular weight is 380 g/mol. The maximum Gasteiger partial charge on any atom is 0.220 e. The van der Waals surface area contributed by atoms with Gasteiger partial charge in [0, 0.05) is 18.4 Å². The van der Waals surface area contributed by atoms with Crippen LogP contribution in [0, 0.1) is 6.92 Å². The van der Waals surface area contributed by atoms with Gasteiger partial charge in [0.2, 0.25) is 5.91 Å². The molecule has 0 bridgehead atoms. The van der Waals surface area contributed by atoms with Gasteiger partial charge in [-0.25, -0.2) is 0 Å². The molecule has 2 aromatic carbocycles. The summed E-state index contributed by atoms with van der Waals surface area (Å²) in [5.74, 6) is 0.980. The van der Waals surface area contributed by atoms with Gasteiger partial charge in [0.1, 0.15) is 11.4 Å². The lowest BCUT2D eigenvalue weighted by Crippen LogP contribution is -2.41. The Balaban J connectivity index is 1.63. The van der Waals surface area contributed by atoms with Gasteiger partial charge in [0.15, 0.2) is 0 Å². The second-order valence-electron chi connectivity index (χ2n) is 9.67. The molecular formula is C25H33NO2. The van der Waals surface area contributed by atoms with Crippen LogP contribution in [0.1, 0.15) is 75.8 Å². The van der Waals surface area contributed by atoms with Crippen LogP contribution in [0.4, 0.5) is 0 Å². The van der Waals surface area contributed by atoms with Gasteiger partial charge in [0.05, 0.1) is 6.04 Å². The topological polar surface area (TPSA) is 38.3 Å². The Morgan fingerprint density at radius 3 is 2.46 bits per heavy atom. The molecule has 0 spiro atoms. The van der Waals surface area contributed by atoms with Crippen molar-refractivity contribution < 1.29 is 9.53 Å². The fourth-order valence-corrected chi connectivity index (χ4v) is 3.78. The van der Waals surface area contributed by atoms with E-state index < -0.39 is 0 Å². The fourth-order valence-electron chi connectivity index (χ4n) is 3.78. The number of aryl methyl sites for hydroxylation is 2. The smallest absolute Gasteiger partial charge is 0.220 e. The summed E-state index contributed by atoms with van der Waals surface area (Å²) in [7, 11) is 0. The van der Waals surface area contributed by atoms with Crippen LogP contribution < -0.4 is 10.1 Å². The number of benzene rings is 2. The summed E-state index contributed by atoms with van der Waals surface area (Å²) in [6.07, 6.45) is 2.02. The Bertz CT molecular complexity index is 844. The van der Waals surface area contributed by atoms with E-state index in [0.29, 0.717) is 6.42 Å². The van der Waals surface area contributed by atoms with E-state index in [1.165, 1.54) is 16.7 Å². The zero-order valence-electron chi connectivity index (χ0n) is 18.1. The molecule has 0 unspecified atom stereocenters. The third-order valence-corrected chi connectivity index (χ3v) is 5.42. The van der Waals surface area contributed by atoms with Gasteiger partial charge in [-0.2, -0.15) is 0 Å². The highest BCUT2D eigenvalue weighted by molar-refractivity contribution is 5.77. The first-order chi connectivity index (χ1) is 13.0. The summed E-state index contributed by atoms with van der Waals surface area (Å²) in [6.45, 7) is 12.9. The first kappa shape index (κ1) is 20.4. The molecule has 0 radical (unpaired) electrons. The van der Waals surface area contributed by atoms with Crippen molar-refractivity contribution in [2.24, 2.45) is 0 Å². The normalized spacial score (nSPS) is 18.1. The van der Waals surface area contributed by atoms with Crippen molar-refractivity contribution in [1.82, 2.24) is 5.32 Å². The van der Waals surface area contributed by atoms with Crippen molar-refractivity contribution >= 4 is 5.91 Å². The molecule has 0 saturated heterocycles. The largest absolute Gasteiger partial charge is 0.487 e. The van der Waals surface area contributed by atoms with Crippen LogP contribution in [0.2, 0.25) is 0 Å². The average Bonchev–Trinajstić information content (AvgIpc) is 2.58. The van der Waals surface area contributed by atoms with Crippen molar-refractivity contribution in [1.29, 1.82) is 0 Å². The van der Waals surface area contributed by atoms with Gasteiger partial charge in [0.25, 0.3) is 0 Å². The highest BCUT2D eigenvalue weighted by Crippen LogP contribution is 2.39. The van der Waals surface area contributed by atoms with Crippen LogP contribution in [0.25, 0.3) is 0 Å². The van der Waals surface area contributed by atoms with Crippen molar-refractivity contribution in [2.45, 2.75) is 77.9 Å². The molecule has 3 rings (SSSR count). The Morgan fingerprint density at radius 2 is 1.82 bits per heavy atom. The van der Waals surface area contributed by atoms with Gasteiger partial charge in [-0.1, -0.05) is 57.2 Å². The fraction of sp³-hybridized carbons (Fsp3) is 0.480. The minimum absolute atomic E-state index is 0.00452. The monoisotopic (exact) mass is 379 g/mol. The molecule has 150 valence electrons. The number of amides is 1. The van der Waals surface area contributed by atoms with Gasteiger partial charge >= 0.3 is 0 Å². The van der Waals surface area contributed by atoms with E-state index in [9.17, 15) is 4.79 Å². The number of fused-ring (bicyclic) bond motifs is 1. The number of carbonyl (C=O) groups excluding carboxylic acids is 1. The van der Waals surface area contributed by atoms with E-state index >= 15 is 0 Å². The van der Waals surface area contributed by atoms with E-state index in [2.05, 4.69) is 89.3 Å². The summed E-state index contributed by atoms with van der Waals surface area (Å²) in [6, 6.07) is 14.8. The van der Waals surface area contributed by atoms with Gasteiger partial charge in [-0.3, -0.25) is 4.79 Å². The molecule has 1 amide bonds. The number of hydrogen-bond donors (Lipinski definition) is 1. The number of ether oxygens (including phenoxy) is 1. The van der Waals surface area contributed by atoms with E-state index in [1.807, 2.05) is 0 Å². The molecule has 3 nitrogen and oxygen atoms in total. The van der Waals surface area contributed by atoms with Gasteiger partial charge < -0.3 is 10.1 Å². The predicted molar refractivity (Wildman–Crippen MR) is 115 cm³/mol. The molecule has 3 heteroatoms. The highest BCUT2D eigenvalue weighted by Gasteiger charge is 2.34. The van der Waals surface area contributed by atoms with Crippen LogP contribution in [0.5, 0.6) is 5.75 Å². The second-order valence-corrected chi connectivity index (χ2v) is 9.67. The summed E-state index contributed by atoms with van der Waals surface area (Å²) in [5, 5.41) is 3.24. The third-order valence-electron chi connectivity index (χ3n) is 5.42. The maximum atomic E-state index is 12.6. The molecule has 28 heavy (non-hydrogen) atoms. The Morgan fingerprint density at radius 1 is 1.14 bits per heavy atom. The van der Waals surface area contributed by atoms with E-state index in [0.717, 1.165) is 24.2 Å². The summed E-state index contributed by atoms with van der Waals surface area (Å²) < 4.78 is 6.13. The van der Waals surface area contributed by atoms with E-state index in [4.69, 9.17) is 4.74 Å². The summed E-state index contributed by atoms with van der Waals surface area (Å²) >= 11 is 0. The summed E-state index contributed by atoms with van der Waals surface area (Å²) in [5.41, 5.74) is 4.62. The van der Waals surface area contributed by atoms with Crippen LogP contribution in [-0.2, 0) is 16.6 Å². The number of nitrogens with one attached hydrogen (secondary N) is 1. The first-order valence-corrected chi connectivity index (χ1v) is 10.2. The Kier molecular flexibility index (Phi) is 5.56. The molecule has 1 heterocycles. The number of rotatable bonds is 4. The van der Waals surface area contributed by atoms with E-state index in [1.54, 1.807) is 0 Å². The molecular weight excluding hydrogens is 346 g/mol. The zero-order chi connectivity index (χ0) is 20.5. The van der Waals surface area contributed by atoms with Crippen molar-refractivity contribution in [2.75, 3.05) is 0 Å². The van der Waals surface area contributed by atoms with Crippen molar-refractivity contribution in [3.05, 3.63) is 64.7 Å². The number of hydrogen-bond acceptors (Lipinski definition) is 2.